The van der Waals surface area contributed by atoms with Crippen molar-refractivity contribution in [2.24, 2.45) is 5.92 Å². The fourth-order valence-corrected chi connectivity index (χ4v) is 1.96. The molecule has 1 aromatic carbocycles. The smallest absolute Gasteiger partial charge is 0.128 e. The second-order valence-electron chi connectivity index (χ2n) is 3.95. The second kappa shape index (κ2) is 4.06. The molecule has 1 aliphatic rings. The van der Waals surface area contributed by atoms with E-state index < -0.39 is 5.82 Å². The Labute approximate surface area is 87.8 Å². The average molecular weight is 211 g/mol. The van der Waals surface area contributed by atoms with Gasteiger partial charge in [-0.25, -0.2) is 4.39 Å². The third-order valence-corrected chi connectivity index (χ3v) is 2.78. The zero-order valence-electron chi connectivity index (χ0n) is 8.36. The van der Waals surface area contributed by atoms with Crippen LogP contribution in [-0.2, 0) is 0 Å². The predicted octanol–water partition coefficient (Wildman–Crippen LogP) is 1.35. The molecule has 2 N–H and O–H groups in total. The SMILES string of the molecule is OCC1CCN(c2cc(O)cc(F)c2)C1. The van der Waals surface area contributed by atoms with E-state index >= 15 is 0 Å². The molecule has 1 atom stereocenters. The molecule has 1 aliphatic heterocycles. The molecule has 0 aliphatic carbocycles. The highest BCUT2D eigenvalue weighted by molar-refractivity contribution is 5.51. The highest BCUT2D eigenvalue weighted by Gasteiger charge is 2.22. The van der Waals surface area contributed by atoms with Crippen LogP contribution in [0.3, 0.4) is 0 Å². The number of aromatic hydroxyl groups is 1. The lowest BCUT2D eigenvalue weighted by Gasteiger charge is -2.18. The molecular formula is C11H14FNO2. The number of aliphatic hydroxyl groups excluding tert-OH is 1. The van der Waals surface area contributed by atoms with Gasteiger partial charge in [0.2, 0.25) is 0 Å². The van der Waals surface area contributed by atoms with E-state index in [1.807, 2.05) is 4.90 Å². The van der Waals surface area contributed by atoms with Gasteiger partial charge in [0.05, 0.1) is 0 Å². The van der Waals surface area contributed by atoms with Crippen molar-refractivity contribution in [2.75, 3.05) is 24.6 Å². The number of phenolic OH excluding ortho intramolecular Hbond substituents is 1. The summed E-state index contributed by atoms with van der Waals surface area (Å²) < 4.78 is 13.0. The van der Waals surface area contributed by atoms with E-state index in [9.17, 15) is 9.50 Å². The molecule has 1 heterocycles. The third kappa shape index (κ3) is 2.21. The Morgan fingerprint density at radius 1 is 1.40 bits per heavy atom. The van der Waals surface area contributed by atoms with E-state index in [0.717, 1.165) is 25.6 Å². The Hall–Kier alpha value is -1.29. The monoisotopic (exact) mass is 211 g/mol. The van der Waals surface area contributed by atoms with Gasteiger partial charge in [0.25, 0.3) is 0 Å². The van der Waals surface area contributed by atoms with Crippen LogP contribution in [-0.4, -0.2) is 29.9 Å². The molecule has 15 heavy (non-hydrogen) atoms. The van der Waals surface area contributed by atoms with E-state index in [0.29, 0.717) is 5.69 Å². The van der Waals surface area contributed by atoms with Crippen LogP contribution in [0, 0.1) is 11.7 Å². The van der Waals surface area contributed by atoms with Crippen molar-refractivity contribution >= 4 is 5.69 Å². The first-order valence-electron chi connectivity index (χ1n) is 5.04. The van der Waals surface area contributed by atoms with Crippen LogP contribution in [0.5, 0.6) is 5.75 Å². The zero-order chi connectivity index (χ0) is 10.8. The summed E-state index contributed by atoms with van der Waals surface area (Å²) in [5.74, 6) is -0.231. The van der Waals surface area contributed by atoms with Crippen molar-refractivity contribution in [3.8, 4) is 5.75 Å². The molecule has 4 heteroatoms. The number of nitrogens with zero attached hydrogens (tertiary/aromatic N) is 1. The van der Waals surface area contributed by atoms with E-state index in [-0.39, 0.29) is 18.3 Å². The number of benzene rings is 1. The molecular weight excluding hydrogens is 197 g/mol. The fourth-order valence-electron chi connectivity index (χ4n) is 1.96. The van der Waals surface area contributed by atoms with Crippen LogP contribution < -0.4 is 4.90 Å². The van der Waals surface area contributed by atoms with Gasteiger partial charge in [-0.05, 0) is 12.5 Å². The molecule has 1 saturated heterocycles. The molecule has 2 rings (SSSR count). The normalized spacial score (nSPS) is 20.9. The Balaban J connectivity index is 2.16. The summed E-state index contributed by atoms with van der Waals surface area (Å²) in [6.45, 7) is 1.69. The summed E-state index contributed by atoms with van der Waals surface area (Å²) in [7, 11) is 0. The second-order valence-corrected chi connectivity index (χ2v) is 3.95. The molecule has 1 fully saturated rings. The summed E-state index contributed by atoms with van der Waals surface area (Å²) in [5.41, 5.74) is 0.684. The first-order chi connectivity index (χ1) is 7.19. The number of hydrogen-bond donors (Lipinski definition) is 2. The number of anilines is 1. The molecule has 1 unspecified atom stereocenters. The van der Waals surface area contributed by atoms with Crippen molar-refractivity contribution in [1.29, 1.82) is 0 Å². The number of phenols is 1. The van der Waals surface area contributed by atoms with Crippen LogP contribution >= 0.6 is 0 Å². The molecule has 0 bridgehead atoms. The quantitative estimate of drug-likeness (QED) is 0.776. The molecule has 0 radical (unpaired) electrons. The Bertz CT molecular complexity index is 336. The van der Waals surface area contributed by atoms with Crippen molar-refractivity contribution in [3.63, 3.8) is 0 Å². The van der Waals surface area contributed by atoms with Crippen LogP contribution in [0.4, 0.5) is 10.1 Å². The maximum atomic E-state index is 13.0. The standard InChI is InChI=1S/C11H14FNO2/c12-9-3-10(5-11(15)4-9)13-2-1-8(6-13)7-14/h3-5,8,14-15H,1-2,6-7H2. The molecule has 3 nitrogen and oxygen atoms in total. The van der Waals surface area contributed by atoms with E-state index in [4.69, 9.17) is 5.11 Å². The van der Waals surface area contributed by atoms with Crippen LogP contribution in [0.25, 0.3) is 0 Å². The predicted molar refractivity (Wildman–Crippen MR) is 55.5 cm³/mol. The minimum atomic E-state index is -0.433. The van der Waals surface area contributed by atoms with Crippen molar-refractivity contribution in [2.45, 2.75) is 6.42 Å². The molecule has 0 amide bonds. The number of hydrogen-bond acceptors (Lipinski definition) is 3. The van der Waals surface area contributed by atoms with E-state index in [1.165, 1.54) is 6.07 Å². The van der Waals surface area contributed by atoms with Gasteiger partial charge in [0.15, 0.2) is 0 Å². The highest BCUT2D eigenvalue weighted by atomic mass is 19.1. The van der Waals surface area contributed by atoms with Crippen molar-refractivity contribution in [3.05, 3.63) is 24.0 Å². The first-order valence-corrected chi connectivity index (χ1v) is 5.04. The van der Waals surface area contributed by atoms with Gasteiger partial charge in [-0.2, -0.15) is 0 Å². The Kier molecular flexibility index (Phi) is 2.77. The molecule has 1 aromatic rings. The fraction of sp³-hybridized carbons (Fsp3) is 0.455. The van der Waals surface area contributed by atoms with Gasteiger partial charge in [-0.15, -0.1) is 0 Å². The van der Waals surface area contributed by atoms with Gasteiger partial charge in [-0.1, -0.05) is 0 Å². The summed E-state index contributed by atoms with van der Waals surface area (Å²) in [6.07, 6.45) is 0.910. The van der Waals surface area contributed by atoms with Crippen LogP contribution in [0.2, 0.25) is 0 Å². The molecule has 0 aromatic heterocycles. The minimum Gasteiger partial charge on any atom is -0.508 e. The Morgan fingerprint density at radius 2 is 2.20 bits per heavy atom. The summed E-state index contributed by atoms with van der Waals surface area (Å²) >= 11 is 0. The minimum absolute atomic E-state index is 0.0579. The molecule has 0 saturated carbocycles. The van der Waals surface area contributed by atoms with E-state index in [2.05, 4.69) is 0 Å². The third-order valence-electron chi connectivity index (χ3n) is 2.78. The first kappa shape index (κ1) is 10.2. The van der Waals surface area contributed by atoms with E-state index in [1.54, 1.807) is 6.07 Å². The number of halogens is 1. The summed E-state index contributed by atoms with van der Waals surface area (Å²) in [4.78, 5) is 1.98. The average Bonchev–Trinajstić information content (AvgIpc) is 2.64. The summed E-state index contributed by atoms with van der Waals surface area (Å²) in [5, 5.41) is 18.3. The van der Waals surface area contributed by atoms with Gasteiger partial charge in [0.1, 0.15) is 11.6 Å². The van der Waals surface area contributed by atoms with Crippen molar-refractivity contribution in [1.82, 2.24) is 0 Å². The van der Waals surface area contributed by atoms with Gasteiger partial charge in [-0.3, -0.25) is 0 Å². The number of rotatable bonds is 2. The lowest BCUT2D eigenvalue weighted by Crippen LogP contribution is -2.20. The van der Waals surface area contributed by atoms with Crippen LogP contribution in [0.15, 0.2) is 18.2 Å². The van der Waals surface area contributed by atoms with Gasteiger partial charge >= 0.3 is 0 Å². The number of aliphatic hydroxyl groups is 1. The Morgan fingerprint density at radius 3 is 2.80 bits per heavy atom. The summed E-state index contributed by atoms with van der Waals surface area (Å²) in [6, 6.07) is 4.03. The maximum absolute atomic E-state index is 13.0. The topological polar surface area (TPSA) is 43.7 Å². The highest BCUT2D eigenvalue weighted by Crippen LogP contribution is 2.27. The molecule has 82 valence electrons. The van der Waals surface area contributed by atoms with Crippen molar-refractivity contribution < 1.29 is 14.6 Å². The zero-order valence-corrected chi connectivity index (χ0v) is 8.36. The van der Waals surface area contributed by atoms with Gasteiger partial charge in [0, 0.05) is 43.4 Å². The largest absolute Gasteiger partial charge is 0.508 e. The lowest BCUT2D eigenvalue weighted by molar-refractivity contribution is 0.238. The van der Waals surface area contributed by atoms with Crippen LogP contribution in [0.1, 0.15) is 6.42 Å². The maximum Gasteiger partial charge on any atom is 0.128 e. The lowest BCUT2D eigenvalue weighted by atomic mass is 10.1. The van der Waals surface area contributed by atoms with Gasteiger partial charge < -0.3 is 15.1 Å². The molecule has 0 spiro atoms.